The molecular formula is C21H31IN4O2S. The van der Waals surface area contributed by atoms with E-state index in [9.17, 15) is 8.42 Å². The molecule has 8 heteroatoms. The summed E-state index contributed by atoms with van der Waals surface area (Å²) in [6.45, 7) is 8.47. The highest BCUT2D eigenvalue weighted by atomic mass is 127. The molecule has 29 heavy (non-hydrogen) atoms. The number of halogens is 1. The van der Waals surface area contributed by atoms with Crippen molar-refractivity contribution in [1.29, 1.82) is 0 Å². The third-order valence-electron chi connectivity index (χ3n) is 4.47. The van der Waals surface area contributed by atoms with Crippen molar-refractivity contribution < 1.29 is 8.42 Å². The summed E-state index contributed by atoms with van der Waals surface area (Å²) < 4.78 is 22.6. The van der Waals surface area contributed by atoms with E-state index in [1.54, 1.807) is 12.1 Å². The fourth-order valence-corrected chi connectivity index (χ4v) is 3.26. The van der Waals surface area contributed by atoms with E-state index >= 15 is 0 Å². The number of rotatable bonds is 8. The topological polar surface area (TPSA) is 96.6 Å². The summed E-state index contributed by atoms with van der Waals surface area (Å²) in [5.41, 5.74) is 3.57. The number of benzene rings is 2. The van der Waals surface area contributed by atoms with Gasteiger partial charge in [-0.05, 0) is 43.5 Å². The molecule has 0 radical (unpaired) electrons. The molecule has 0 fully saturated rings. The SMILES string of the molecule is CCNC(=NCC(C)c1ccc(C)cc1)NCCc1ccc(S(N)(=O)=O)cc1.I. The van der Waals surface area contributed by atoms with E-state index in [1.807, 2.05) is 6.92 Å². The summed E-state index contributed by atoms with van der Waals surface area (Å²) in [7, 11) is -3.65. The molecule has 6 nitrogen and oxygen atoms in total. The van der Waals surface area contributed by atoms with Gasteiger partial charge in [-0.2, -0.15) is 0 Å². The average Bonchev–Trinajstić information content (AvgIpc) is 2.66. The van der Waals surface area contributed by atoms with E-state index in [2.05, 4.69) is 53.7 Å². The summed E-state index contributed by atoms with van der Waals surface area (Å²) in [4.78, 5) is 4.82. The van der Waals surface area contributed by atoms with Crippen molar-refractivity contribution in [3.8, 4) is 0 Å². The summed E-state index contributed by atoms with van der Waals surface area (Å²) in [5, 5.41) is 11.7. The Morgan fingerprint density at radius 1 is 1.07 bits per heavy atom. The number of primary sulfonamides is 1. The second kappa shape index (κ2) is 12.1. The molecule has 0 aliphatic rings. The highest BCUT2D eigenvalue weighted by Gasteiger charge is 2.07. The van der Waals surface area contributed by atoms with E-state index in [4.69, 9.17) is 5.14 Å². The maximum atomic E-state index is 11.3. The molecule has 2 rings (SSSR count). The average molecular weight is 530 g/mol. The van der Waals surface area contributed by atoms with E-state index in [0.717, 1.165) is 24.5 Å². The van der Waals surface area contributed by atoms with Crippen molar-refractivity contribution >= 4 is 40.0 Å². The van der Waals surface area contributed by atoms with Crippen molar-refractivity contribution in [3.63, 3.8) is 0 Å². The highest BCUT2D eigenvalue weighted by molar-refractivity contribution is 14.0. The van der Waals surface area contributed by atoms with Crippen LogP contribution in [-0.4, -0.2) is 34.0 Å². The molecule has 2 aromatic rings. The molecule has 0 saturated heterocycles. The molecule has 0 amide bonds. The Morgan fingerprint density at radius 3 is 2.24 bits per heavy atom. The maximum Gasteiger partial charge on any atom is 0.238 e. The molecule has 0 spiro atoms. The predicted octanol–water partition coefficient (Wildman–Crippen LogP) is 3.16. The number of nitrogens with two attached hydrogens (primary N) is 1. The van der Waals surface area contributed by atoms with Crippen LogP contribution < -0.4 is 15.8 Å². The quantitative estimate of drug-likeness (QED) is 0.278. The van der Waals surface area contributed by atoms with Gasteiger partial charge in [-0.25, -0.2) is 13.6 Å². The zero-order valence-electron chi connectivity index (χ0n) is 17.2. The Bertz CT molecular complexity index is 882. The molecular weight excluding hydrogens is 499 g/mol. The lowest BCUT2D eigenvalue weighted by Gasteiger charge is -2.14. The number of nitrogens with zero attached hydrogens (tertiary/aromatic N) is 1. The Hall–Kier alpha value is -1.65. The number of aliphatic imine (C=N–C) groups is 1. The Kier molecular flexibility index (Phi) is 10.6. The molecule has 160 valence electrons. The first-order chi connectivity index (χ1) is 13.3. The van der Waals surface area contributed by atoms with Gasteiger partial charge in [0, 0.05) is 25.6 Å². The number of hydrogen-bond donors (Lipinski definition) is 3. The molecule has 0 aliphatic carbocycles. The van der Waals surface area contributed by atoms with Gasteiger partial charge < -0.3 is 10.6 Å². The van der Waals surface area contributed by atoms with E-state index in [1.165, 1.54) is 23.3 Å². The standard InChI is InChI=1S/C21H30N4O2S.HI/c1-4-23-21(25-15-17(3)19-9-5-16(2)6-10-19)24-14-13-18-7-11-20(12-8-18)28(22,26)27;/h5-12,17H,4,13-15H2,1-3H3,(H2,22,26,27)(H2,23,24,25);1H. The molecule has 1 unspecified atom stereocenters. The van der Waals surface area contributed by atoms with Gasteiger partial charge in [0.15, 0.2) is 5.96 Å². The summed E-state index contributed by atoms with van der Waals surface area (Å²) in [6, 6.07) is 15.2. The lowest BCUT2D eigenvalue weighted by molar-refractivity contribution is 0.598. The van der Waals surface area contributed by atoms with Gasteiger partial charge in [0.1, 0.15) is 0 Å². The zero-order chi connectivity index (χ0) is 20.6. The van der Waals surface area contributed by atoms with Gasteiger partial charge in [-0.1, -0.05) is 48.9 Å². The van der Waals surface area contributed by atoms with Gasteiger partial charge in [-0.3, -0.25) is 4.99 Å². The molecule has 1 atom stereocenters. The van der Waals surface area contributed by atoms with Crippen LogP contribution in [0.25, 0.3) is 0 Å². The van der Waals surface area contributed by atoms with E-state index in [0.29, 0.717) is 19.0 Å². The van der Waals surface area contributed by atoms with Crippen LogP contribution >= 0.6 is 24.0 Å². The van der Waals surface area contributed by atoms with Crippen LogP contribution in [0.1, 0.15) is 36.5 Å². The van der Waals surface area contributed by atoms with Crippen LogP contribution in [0.15, 0.2) is 58.4 Å². The Morgan fingerprint density at radius 2 is 1.69 bits per heavy atom. The van der Waals surface area contributed by atoms with Crippen LogP contribution in [0.4, 0.5) is 0 Å². The lowest BCUT2D eigenvalue weighted by Crippen LogP contribution is -2.38. The minimum absolute atomic E-state index is 0. The van der Waals surface area contributed by atoms with Crippen LogP contribution in [0.3, 0.4) is 0 Å². The van der Waals surface area contributed by atoms with Crippen LogP contribution in [0.5, 0.6) is 0 Å². The van der Waals surface area contributed by atoms with E-state index < -0.39 is 10.0 Å². The Balaban J connectivity index is 0.00000420. The van der Waals surface area contributed by atoms with Crippen molar-refractivity contribution in [2.24, 2.45) is 10.1 Å². The third kappa shape index (κ3) is 8.71. The van der Waals surface area contributed by atoms with Crippen LogP contribution in [0.2, 0.25) is 0 Å². The number of guanidine groups is 1. The summed E-state index contributed by atoms with van der Waals surface area (Å²) >= 11 is 0. The second-order valence-corrected chi connectivity index (χ2v) is 8.46. The molecule has 0 aliphatic heterocycles. The molecule has 2 aromatic carbocycles. The van der Waals surface area contributed by atoms with Crippen LogP contribution in [0, 0.1) is 6.92 Å². The number of aryl methyl sites for hydroxylation is 1. The molecule has 0 heterocycles. The van der Waals surface area contributed by atoms with Gasteiger partial charge in [-0.15, -0.1) is 24.0 Å². The van der Waals surface area contributed by atoms with Crippen molar-refractivity contribution in [3.05, 3.63) is 65.2 Å². The first kappa shape index (κ1) is 25.4. The highest BCUT2D eigenvalue weighted by Crippen LogP contribution is 2.16. The van der Waals surface area contributed by atoms with Gasteiger partial charge in [0.25, 0.3) is 0 Å². The van der Waals surface area contributed by atoms with Gasteiger partial charge in [0.05, 0.1) is 4.90 Å². The minimum Gasteiger partial charge on any atom is -0.357 e. The number of hydrogen-bond acceptors (Lipinski definition) is 3. The monoisotopic (exact) mass is 530 g/mol. The van der Waals surface area contributed by atoms with Crippen LogP contribution in [-0.2, 0) is 16.4 Å². The zero-order valence-corrected chi connectivity index (χ0v) is 20.3. The molecule has 0 aromatic heterocycles. The summed E-state index contributed by atoms with van der Waals surface area (Å²) in [6.07, 6.45) is 0.753. The third-order valence-corrected chi connectivity index (χ3v) is 5.40. The number of sulfonamides is 1. The lowest BCUT2D eigenvalue weighted by atomic mass is 10.0. The van der Waals surface area contributed by atoms with Crippen molar-refractivity contribution in [1.82, 2.24) is 10.6 Å². The molecule has 0 bridgehead atoms. The first-order valence-corrected chi connectivity index (χ1v) is 11.0. The van der Waals surface area contributed by atoms with Gasteiger partial charge >= 0.3 is 0 Å². The second-order valence-electron chi connectivity index (χ2n) is 6.90. The van der Waals surface area contributed by atoms with Crippen molar-refractivity contribution in [2.45, 2.75) is 38.0 Å². The normalized spacial score (nSPS) is 12.8. The smallest absolute Gasteiger partial charge is 0.238 e. The minimum atomic E-state index is -3.65. The fraction of sp³-hybridized carbons (Fsp3) is 0.381. The fourth-order valence-electron chi connectivity index (χ4n) is 2.74. The van der Waals surface area contributed by atoms with E-state index in [-0.39, 0.29) is 28.9 Å². The summed E-state index contributed by atoms with van der Waals surface area (Å²) in [5.74, 6) is 1.12. The first-order valence-electron chi connectivity index (χ1n) is 9.50. The Labute approximate surface area is 191 Å². The number of nitrogens with one attached hydrogen (secondary N) is 2. The van der Waals surface area contributed by atoms with Crippen molar-refractivity contribution in [2.75, 3.05) is 19.6 Å². The molecule has 4 N–H and O–H groups in total. The molecule has 0 saturated carbocycles. The largest absolute Gasteiger partial charge is 0.357 e. The van der Waals surface area contributed by atoms with Gasteiger partial charge in [0.2, 0.25) is 10.0 Å². The predicted molar refractivity (Wildman–Crippen MR) is 131 cm³/mol. The maximum absolute atomic E-state index is 11.3.